The number of halogens is 2. The van der Waals surface area contributed by atoms with Gasteiger partial charge in [-0.2, -0.15) is 0 Å². The highest BCUT2D eigenvalue weighted by molar-refractivity contribution is 7.99. The van der Waals surface area contributed by atoms with Crippen molar-refractivity contribution in [1.82, 2.24) is 25.5 Å². The summed E-state index contributed by atoms with van der Waals surface area (Å²) in [5, 5.41) is 16.7. The molecule has 0 radical (unpaired) electrons. The first kappa shape index (κ1) is 22.7. The molecule has 7 nitrogen and oxygen atoms in total. The Hall–Kier alpha value is -2.00. The summed E-state index contributed by atoms with van der Waals surface area (Å²) in [6.07, 6.45) is 0. The van der Waals surface area contributed by atoms with Crippen molar-refractivity contribution in [2.24, 2.45) is 7.05 Å². The number of hydrogen-bond acceptors (Lipinski definition) is 7. The second-order valence-electron chi connectivity index (χ2n) is 6.33. The number of aromatic nitrogens is 4. The third-order valence-corrected chi connectivity index (χ3v) is 5.78. The summed E-state index contributed by atoms with van der Waals surface area (Å²) in [6, 6.07) is 11.4. The topological polar surface area (TPSA) is 74.1 Å². The second kappa shape index (κ2) is 11.4. The van der Waals surface area contributed by atoms with Crippen molar-refractivity contribution in [3.8, 4) is 11.5 Å². The molecule has 0 aliphatic carbocycles. The molecule has 1 aromatic heterocycles. The molecule has 0 atom stereocenters. The first-order valence-electron chi connectivity index (χ1n) is 9.45. The fourth-order valence-corrected chi connectivity index (χ4v) is 3.91. The van der Waals surface area contributed by atoms with E-state index >= 15 is 0 Å². The number of nitrogens with zero attached hydrogens (tertiary/aromatic N) is 4. The lowest BCUT2D eigenvalue weighted by molar-refractivity contribution is 0.269. The lowest BCUT2D eigenvalue weighted by atomic mass is 10.2. The van der Waals surface area contributed by atoms with Crippen LogP contribution < -0.4 is 14.8 Å². The van der Waals surface area contributed by atoms with Gasteiger partial charge in [-0.05, 0) is 41.1 Å². The van der Waals surface area contributed by atoms with E-state index in [0.717, 1.165) is 28.6 Å². The van der Waals surface area contributed by atoms with Crippen LogP contribution in [0.5, 0.6) is 11.5 Å². The van der Waals surface area contributed by atoms with Crippen molar-refractivity contribution >= 4 is 35.0 Å². The smallest absolute Gasteiger partial charge is 0.209 e. The van der Waals surface area contributed by atoms with E-state index in [1.54, 1.807) is 16.4 Å². The van der Waals surface area contributed by atoms with Crippen LogP contribution in [-0.2, 0) is 20.2 Å². The predicted octanol–water partition coefficient (Wildman–Crippen LogP) is 4.38. The van der Waals surface area contributed by atoms with Gasteiger partial charge < -0.3 is 14.8 Å². The van der Waals surface area contributed by atoms with Gasteiger partial charge in [0.1, 0.15) is 6.61 Å². The Morgan fingerprint density at radius 2 is 1.97 bits per heavy atom. The van der Waals surface area contributed by atoms with Crippen LogP contribution in [0.2, 0.25) is 10.0 Å². The molecule has 30 heavy (non-hydrogen) atoms. The summed E-state index contributed by atoms with van der Waals surface area (Å²) >= 11 is 14.3. The van der Waals surface area contributed by atoms with Crippen LogP contribution in [0.15, 0.2) is 41.6 Å². The Morgan fingerprint density at radius 1 is 1.13 bits per heavy atom. The molecule has 3 rings (SSSR count). The molecule has 0 bridgehead atoms. The van der Waals surface area contributed by atoms with Crippen LogP contribution in [0.4, 0.5) is 0 Å². The monoisotopic (exact) mass is 467 g/mol. The predicted molar refractivity (Wildman–Crippen MR) is 120 cm³/mol. The van der Waals surface area contributed by atoms with Gasteiger partial charge >= 0.3 is 0 Å². The number of aryl methyl sites for hydroxylation is 1. The average Bonchev–Trinajstić information content (AvgIpc) is 3.13. The van der Waals surface area contributed by atoms with Crippen LogP contribution >= 0.6 is 35.0 Å². The van der Waals surface area contributed by atoms with E-state index in [-0.39, 0.29) is 0 Å². The van der Waals surface area contributed by atoms with Crippen LogP contribution in [0, 0.1) is 0 Å². The third kappa shape index (κ3) is 6.25. The van der Waals surface area contributed by atoms with Gasteiger partial charge in [-0.1, -0.05) is 53.2 Å². The molecule has 0 saturated heterocycles. The van der Waals surface area contributed by atoms with E-state index in [2.05, 4.69) is 20.8 Å². The highest BCUT2D eigenvalue weighted by Gasteiger charge is 2.14. The lowest BCUT2D eigenvalue weighted by Crippen LogP contribution is -2.17. The summed E-state index contributed by atoms with van der Waals surface area (Å²) < 4.78 is 13.4. The van der Waals surface area contributed by atoms with E-state index in [1.807, 2.05) is 50.4 Å². The maximum absolute atomic E-state index is 6.51. The number of tetrazole rings is 1. The van der Waals surface area contributed by atoms with E-state index in [9.17, 15) is 0 Å². The highest BCUT2D eigenvalue weighted by Crippen LogP contribution is 2.37. The van der Waals surface area contributed by atoms with Gasteiger partial charge in [-0.25, -0.2) is 4.68 Å². The summed E-state index contributed by atoms with van der Waals surface area (Å²) in [7, 11) is 1.82. The van der Waals surface area contributed by atoms with E-state index in [0.29, 0.717) is 41.3 Å². The zero-order chi connectivity index (χ0) is 21.3. The third-order valence-electron chi connectivity index (χ3n) is 4.12. The fourth-order valence-electron chi connectivity index (χ4n) is 2.68. The summed E-state index contributed by atoms with van der Waals surface area (Å²) in [6.45, 7) is 4.20. The minimum Gasteiger partial charge on any atom is -0.490 e. The molecule has 0 unspecified atom stereocenters. The number of benzene rings is 2. The summed E-state index contributed by atoms with van der Waals surface area (Å²) in [5.74, 6) is 1.99. The van der Waals surface area contributed by atoms with Gasteiger partial charge in [0.25, 0.3) is 0 Å². The number of nitrogens with one attached hydrogen (secondary N) is 1. The average molecular weight is 468 g/mol. The summed E-state index contributed by atoms with van der Waals surface area (Å²) in [5.41, 5.74) is 1.90. The Morgan fingerprint density at radius 3 is 2.70 bits per heavy atom. The molecule has 2 aromatic carbocycles. The van der Waals surface area contributed by atoms with Gasteiger partial charge in [0.05, 0.1) is 11.6 Å². The Bertz CT molecular complexity index is 970. The molecule has 3 aromatic rings. The highest BCUT2D eigenvalue weighted by atomic mass is 35.5. The molecule has 10 heteroatoms. The van der Waals surface area contributed by atoms with Crippen LogP contribution in [0.3, 0.4) is 0 Å². The molecule has 0 saturated carbocycles. The first-order valence-corrected chi connectivity index (χ1v) is 11.2. The molecule has 0 amide bonds. The standard InChI is InChI=1S/C20H23Cl2N5O2S/c1-3-28-18-11-14(12-23-8-9-30-20-24-25-26-27(20)2)10-17(22)19(18)29-13-15-6-4-5-7-16(15)21/h4-7,10-11,23H,3,8-9,12-13H2,1-2H3. The van der Waals surface area contributed by atoms with Crippen LogP contribution in [-0.4, -0.2) is 39.1 Å². The van der Waals surface area contributed by atoms with Crippen molar-refractivity contribution in [3.05, 3.63) is 57.6 Å². The van der Waals surface area contributed by atoms with Gasteiger partial charge in [0.2, 0.25) is 5.16 Å². The molecule has 0 aliphatic heterocycles. The zero-order valence-electron chi connectivity index (χ0n) is 16.8. The molecular formula is C20H23Cl2N5O2S. The van der Waals surface area contributed by atoms with Crippen molar-refractivity contribution in [2.75, 3.05) is 18.9 Å². The minimum atomic E-state index is 0.311. The number of rotatable bonds is 11. The van der Waals surface area contributed by atoms with Crippen LogP contribution in [0.1, 0.15) is 18.1 Å². The maximum Gasteiger partial charge on any atom is 0.209 e. The van der Waals surface area contributed by atoms with Crippen molar-refractivity contribution < 1.29 is 9.47 Å². The fraction of sp³-hybridized carbons (Fsp3) is 0.350. The van der Waals surface area contributed by atoms with E-state index in [4.69, 9.17) is 32.7 Å². The summed E-state index contributed by atoms with van der Waals surface area (Å²) in [4.78, 5) is 0. The van der Waals surface area contributed by atoms with E-state index < -0.39 is 0 Å². The SMILES string of the molecule is CCOc1cc(CNCCSc2nnnn2C)cc(Cl)c1OCc1ccccc1Cl. The zero-order valence-corrected chi connectivity index (χ0v) is 19.1. The van der Waals surface area contributed by atoms with Gasteiger partial charge in [0, 0.05) is 36.5 Å². The Kier molecular flexibility index (Phi) is 8.62. The molecule has 1 N–H and O–H groups in total. The lowest BCUT2D eigenvalue weighted by Gasteiger charge is -2.16. The normalized spacial score (nSPS) is 10.9. The molecule has 1 heterocycles. The van der Waals surface area contributed by atoms with Gasteiger partial charge in [0.15, 0.2) is 11.5 Å². The molecule has 0 fully saturated rings. The Balaban J connectivity index is 1.58. The number of ether oxygens (including phenoxy) is 2. The maximum atomic E-state index is 6.51. The van der Waals surface area contributed by atoms with Crippen molar-refractivity contribution in [3.63, 3.8) is 0 Å². The molecular weight excluding hydrogens is 445 g/mol. The largest absolute Gasteiger partial charge is 0.490 e. The minimum absolute atomic E-state index is 0.311. The van der Waals surface area contributed by atoms with Gasteiger partial charge in [-0.15, -0.1) is 5.10 Å². The quantitative estimate of drug-likeness (QED) is 0.331. The molecule has 0 spiro atoms. The van der Waals surface area contributed by atoms with Crippen molar-refractivity contribution in [1.29, 1.82) is 0 Å². The van der Waals surface area contributed by atoms with Crippen LogP contribution in [0.25, 0.3) is 0 Å². The van der Waals surface area contributed by atoms with Crippen molar-refractivity contribution in [2.45, 2.75) is 25.2 Å². The first-order chi connectivity index (χ1) is 14.6. The number of hydrogen-bond donors (Lipinski definition) is 1. The van der Waals surface area contributed by atoms with E-state index in [1.165, 1.54) is 0 Å². The molecule has 160 valence electrons. The Labute approximate surface area is 190 Å². The second-order valence-corrected chi connectivity index (χ2v) is 8.20. The van der Waals surface area contributed by atoms with Gasteiger partial charge in [-0.3, -0.25) is 0 Å². The molecule has 0 aliphatic rings. The number of thioether (sulfide) groups is 1.